The van der Waals surface area contributed by atoms with Gasteiger partial charge in [-0.1, -0.05) is 13.8 Å². The van der Waals surface area contributed by atoms with Gasteiger partial charge in [0.25, 0.3) is 0 Å². The van der Waals surface area contributed by atoms with E-state index < -0.39 is 12.0 Å². The van der Waals surface area contributed by atoms with E-state index in [1.165, 1.54) is 0 Å². The second-order valence-corrected chi connectivity index (χ2v) is 4.65. The molecule has 1 atom stereocenters. The number of hydrogen-bond acceptors (Lipinski definition) is 4. The first kappa shape index (κ1) is 13.7. The summed E-state index contributed by atoms with van der Waals surface area (Å²) in [5.41, 5.74) is 0.845. The lowest BCUT2D eigenvalue weighted by molar-refractivity contribution is -0.140. The van der Waals surface area contributed by atoms with Gasteiger partial charge in [0.05, 0.1) is 12.2 Å². The van der Waals surface area contributed by atoms with Crippen LogP contribution < -0.4 is 5.32 Å². The Morgan fingerprint density at radius 2 is 2.12 bits per heavy atom. The van der Waals surface area contributed by atoms with E-state index in [0.717, 1.165) is 11.5 Å². The van der Waals surface area contributed by atoms with E-state index in [4.69, 9.17) is 9.52 Å². The summed E-state index contributed by atoms with van der Waals surface area (Å²) >= 11 is 0. The van der Waals surface area contributed by atoms with E-state index in [1.54, 1.807) is 0 Å². The second kappa shape index (κ2) is 5.82. The van der Waals surface area contributed by atoms with Gasteiger partial charge in [-0.15, -0.1) is 0 Å². The van der Waals surface area contributed by atoms with Crippen molar-refractivity contribution in [3.05, 3.63) is 17.3 Å². The molecule has 5 nitrogen and oxygen atoms in total. The second-order valence-electron chi connectivity index (χ2n) is 4.65. The molecular weight excluding hydrogens is 220 g/mol. The molecule has 0 aliphatic heterocycles. The van der Waals surface area contributed by atoms with Crippen LogP contribution in [0.4, 0.5) is 0 Å². The molecule has 1 aromatic heterocycles. The van der Waals surface area contributed by atoms with Gasteiger partial charge in [0.2, 0.25) is 5.89 Å². The maximum absolute atomic E-state index is 11.0. The molecule has 0 aliphatic rings. The van der Waals surface area contributed by atoms with Gasteiger partial charge in [-0.05, 0) is 26.2 Å². The lowest BCUT2D eigenvalue weighted by atomic mass is 10.0. The molecule has 0 saturated carbocycles. The SMILES string of the molecule is Cc1nc(CNC(CC(C)C)C(=O)O)oc1C. The predicted molar refractivity (Wildman–Crippen MR) is 63.7 cm³/mol. The number of carboxylic acid groups (broad SMARTS) is 1. The first-order valence-corrected chi connectivity index (χ1v) is 5.79. The number of aliphatic carboxylic acids is 1. The molecule has 2 N–H and O–H groups in total. The summed E-state index contributed by atoms with van der Waals surface area (Å²) < 4.78 is 5.38. The molecule has 0 spiro atoms. The largest absolute Gasteiger partial charge is 0.480 e. The average Bonchev–Trinajstić information content (AvgIpc) is 2.52. The Balaban J connectivity index is 2.54. The molecule has 0 aromatic carbocycles. The summed E-state index contributed by atoms with van der Waals surface area (Å²) in [5, 5.41) is 12.0. The molecule has 0 aliphatic carbocycles. The Morgan fingerprint density at radius 1 is 1.47 bits per heavy atom. The van der Waals surface area contributed by atoms with Gasteiger partial charge < -0.3 is 9.52 Å². The summed E-state index contributed by atoms with van der Waals surface area (Å²) in [7, 11) is 0. The van der Waals surface area contributed by atoms with Gasteiger partial charge in [-0.25, -0.2) is 4.98 Å². The molecule has 1 unspecified atom stereocenters. The van der Waals surface area contributed by atoms with Crippen LogP contribution in [0.2, 0.25) is 0 Å². The highest BCUT2D eigenvalue weighted by atomic mass is 16.4. The number of aromatic nitrogens is 1. The minimum absolute atomic E-state index is 0.330. The summed E-state index contributed by atoms with van der Waals surface area (Å²) in [6.07, 6.45) is 0.591. The van der Waals surface area contributed by atoms with Crippen molar-refractivity contribution in [1.29, 1.82) is 0 Å². The lowest BCUT2D eigenvalue weighted by Crippen LogP contribution is -2.37. The van der Waals surface area contributed by atoms with Gasteiger partial charge in [-0.2, -0.15) is 0 Å². The van der Waals surface area contributed by atoms with E-state index in [-0.39, 0.29) is 0 Å². The highest BCUT2D eigenvalue weighted by Gasteiger charge is 2.19. The van der Waals surface area contributed by atoms with Gasteiger partial charge >= 0.3 is 5.97 Å². The number of carboxylic acids is 1. The Morgan fingerprint density at radius 3 is 2.53 bits per heavy atom. The number of oxazole rings is 1. The predicted octanol–water partition coefficient (Wildman–Crippen LogP) is 1.88. The van der Waals surface area contributed by atoms with Crippen LogP contribution in [0.15, 0.2) is 4.42 Å². The number of nitrogens with one attached hydrogen (secondary N) is 1. The summed E-state index contributed by atoms with van der Waals surface area (Å²) in [5.74, 6) is 0.808. The zero-order valence-corrected chi connectivity index (χ0v) is 10.8. The molecule has 0 radical (unpaired) electrons. The summed E-state index contributed by atoms with van der Waals surface area (Å²) in [4.78, 5) is 15.2. The third kappa shape index (κ3) is 4.19. The fourth-order valence-electron chi connectivity index (χ4n) is 1.57. The van der Waals surface area contributed by atoms with Crippen LogP contribution in [0, 0.1) is 19.8 Å². The molecule has 1 rings (SSSR count). The van der Waals surface area contributed by atoms with E-state index in [1.807, 2.05) is 27.7 Å². The zero-order valence-electron chi connectivity index (χ0n) is 10.8. The Kier molecular flexibility index (Phi) is 4.69. The van der Waals surface area contributed by atoms with E-state index in [0.29, 0.717) is 24.8 Å². The van der Waals surface area contributed by atoms with Crippen LogP contribution in [0.25, 0.3) is 0 Å². The number of rotatable bonds is 6. The fraction of sp³-hybridized carbons (Fsp3) is 0.667. The highest BCUT2D eigenvalue weighted by Crippen LogP contribution is 2.10. The zero-order chi connectivity index (χ0) is 13.0. The smallest absolute Gasteiger partial charge is 0.320 e. The third-order valence-electron chi connectivity index (χ3n) is 2.58. The minimum atomic E-state index is -0.835. The Labute approximate surface area is 101 Å². The minimum Gasteiger partial charge on any atom is -0.480 e. The molecule has 1 heterocycles. The van der Waals surface area contributed by atoms with Crippen LogP contribution in [0.5, 0.6) is 0 Å². The number of hydrogen-bond donors (Lipinski definition) is 2. The number of carbonyl (C=O) groups is 1. The molecule has 5 heteroatoms. The van der Waals surface area contributed by atoms with Crippen molar-refractivity contribution in [1.82, 2.24) is 10.3 Å². The topological polar surface area (TPSA) is 75.4 Å². The fourth-order valence-corrected chi connectivity index (χ4v) is 1.57. The van der Waals surface area contributed by atoms with Crippen molar-refractivity contribution in [2.75, 3.05) is 0 Å². The van der Waals surface area contributed by atoms with E-state index in [2.05, 4.69) is 10.3 Å². The maximum atomic E-state index is 11.0. The quantitative estimate of drug-likeness (QED) is 0.794. The normalized spacial score (nSPS) is 13.0. The molecule has 96 valence electrons. The van der Waals surface area contributed by atoms with Crippen molar-refractivity contribution < 1.29 is 14.3 Å². The van der Waals surface area contributed by atoms with Crippen LogP contribution in [-0.2, 0) is 11.3 Å². The van der Waals surface area contributed by atoms with Crippen molar-refractivity contribution >= 4 is 5.97 Å². The standard InChI is InChI=1S/C12H20N2O3/c1-7(2)5-10(12(15)16)13-6-11-14-8(3)9(4)17-11/h7,10,13H,5-6H2,1-4H3,(H,15,16). The van der Waals surface area contributed by atoms with Gasteiger partial charge in [0, 0.05) is 0 Å². The first-order chi connectivity index (χ1) is 7.90. The van der Waals surface area contributed by atoms with Crippen molar-refractivity contribution in [3.63, 3.8) is 0 Å². The molecule has 0 bridgehead atoms. The lowest BCUT2D eigenvalue weighted by Gasteiger charge is -2.15. The van der Waals surface area contributed by atoms with Gasteiger partial charge in [0.15, 0.2) is 0 Å². The van der Waals surface area contributed by atoms with Crippen molar-refractivity contribution in [3.8, 4) is 0 Å². The monoisotopic (exact) mass is 240 g/mol. The van der Waals surface area contributed by atoms with E-state index in [9.17, 15) is 4.79 Å². The molecule has 1 aromatic rings. The summed E-state index contributed by atoms with van der Waals surface area (Å²) in [6, 6.07) is -0.553. The highest BCUT2D eigenvalue weighted by molar-refractivity contribution is 5.73. The van der Waals surface area contributed by atoms with Crippen LogP contribution in [0.3, 0.4) is 0 Å². The number of aryl methyl sites for hydroxylation is 2. The number of nitrogens with zero attached hydrogens (tertiary/aromatic N) is 1. The molecule has 0 saturated heterocycles. The molecule has 17 heavy (non-hydrogen) atoms. The maximum Gasteiger partial charge on any atom is 0.320 e. The van der Waals surface area contributed by atoms with Gasteiger partial charge in [0.1, 0.15) is 11.8 Å². The molecular formula is C12H20N2O3. The Bertz CT molecular complexity index is 366. The molecule has 0 amide bonds. The van der Waals surface area contributed by atoms with Crippen LogP contribution in [0.1, 0.15) is 37.6 Å². The summed E-state index contributed by atoms with van der Waals surface area (Å²) in [6.45, 7) is 8.05. The van der Waals surface area contributed by atoms with Crippen LogP contribution in [-0.4, -0.2) is 22.1 Å². The third-order valence-corrected chi connectivity index (χ3v) is 2.58. The Hall–Kier alpha value is -1.36. The van der Waals surface area contributed by atoms with Crippen molar-refractivity contribution in [2.45, 2.75) is 46.7 Å². The first-order valence-electron chi connectivity index (χ1n) is 5.79. The molecule has 0 fully saturated rings. The van der Waals surface area contributed by atoms with Gasteiger partial charge in [-0.3, -0.25) is 10.1 Å². The van der Waals surface area contributed by atoms with Crippen molar-refractivity contribution in [2.24, 2.45) is 5.92 Å². The van der Waals surface area contributed by atoms with E-state index >= 15 is 0 Å². The average molecular weight is 240 g/mol. The van der Waals surface area contributed by atoms with Crippen LogP contribution >= 0.6 is 0 Å².